The van der Waals surface area contributed by atoms with Gasteiger partial charge in [-0.2, -0.15) is 0 Å². The van der Waals surface area contributed by atoms with Crippen LogP contribution in [0.25, 0.3) is 28.1 Å². The zero-order valence-electron chi connectivity index (χ0n) is 13.5. The fourth-order valence-corrected chi connectivity index (χ4v) is 3.07. The molecule has 1 aliphatic rings. The SMILES string of the molecule is [2H]C([2H])([2H])[n+]1c2n(c3cn4cccnc4c31)Cc1ncccc1-2. The molecule has 0 saturated heterocycles. The van der Waals surface area contributed by atoms with Crippen molar-refractivity contribution in [1.82, 2.24) is 18.9 Å². The molecular formula is C15H12N5+. The van der Waals surface area contributed by atoms with Crippen molar-refractivity contribution >= 4 is 16.7 Å². The molecule has 0 unspecified atom stereocenters. The molecule has 0 bridgehead atoms. The highest BCUT2D eigenvalue weighted by Gasteiger charge is 2.35. The van der Waals surface area contributed by atoms with Gasteiger partial charge in [-0.05, 0) is 18.2 Å². The molecule has 4 aromatic heterocycles. The predicted molar refractivity (Wildman–Crippen MR) is 74.2 cm³/mol. The van der Waals surface area contributed by atoms with Gasteiger partial charge in [0.1, 0.15) is 6.54 Å². The summed E-state index contributed by atoms with van der Waals surface area (Å²) in [5.41, 5.74) is 3.90. The first-order valence-electron chi connectivity index (χ1n) is 7.90. The number of pyridine rings is 1. The Hall–Kier alpha value is -2.69. The lowest BCUT2D eigenvalue weighted by Gasteiger charge is -1.95. The van der Waals surface area contributed by atoms with Gasteiger partial charge in [-0.3, -0.25) is 4.98 Å². The molecule has 4 aromatic rings. The van der Waals surface area contributed by atoms with Crippen molar-refractivity contribution in [2.24, 2.45) is 6.98 Å². The lowest BCUT2D eigenvalue weighted by Crippen LogP contribution is -2.29. The van der Waals surface area contributed by atoms with Gasteiger partial charge in [-0.25, -0.2) is 14.1 Å². The van der Waals surface area contributed by atoms with Crippen molar-refractivity contribution in [2.75, 3.05) is 0 Å². The third-order valence-corrected chi connectivity index (χ3v) is 3.91. The van der Waals surface area contributed by atoms with Crippen LogP contribution in [-0.2, 0) is 13.5 Å². The van der Waals surface area contributed by atoms with E-state index in [-0.39, 0.29) is 0 Å². The van der Waals surface area contributed by atoms with Gasteiger partial charge in [0.25, 0.3) is 5.82 Å². The lowest BCUT2D eigenvalue weighted by molar-refractivity contribution is -0.633. The maximum absolute atomic E-state index is 8.02. The summed E-state index contributed by atoms with van der Waals surface area (Å²) < 4.78 is 29.3. The van der Waals surface area contributed by atoms with E-state index in [1.165, 1.54) is 4.57 Å². The molecule has 5 heteroatoms. The molecule has 5 nitrogen and oxygen atoms in total. The third-order valence-electron chi connectivity index (χ3n) is 3.91. The molecule has 96 valence electrons. The Bertz CT molecular complexity index is 1090. The molecule has 0 radical (unpaired) electrons. The minimum absolute atomic E-state index is 0.571. The largest absolute Gasteiger partial charge is 0.300 e. The molecule has 5 rings (SSSR count). The van der Waals surface area contributed by atoms with Crippen LogP contribution in [-0.4, -0.2) is 18.9 Å². The van der Waals surface area contributed by atoms with Crippen LogP contribution in [0.5, 0.6) is 0 Å². The van der Waals surface area contributed by atoms with E-state index in [0.29, 0.717) is 23.5 Å². The molecule has 0 saturated carbocycles. The highest BCUT2D eigenvalue weighted by molar-refractivity contribution is 5.89. The fourth-order valence-electron chi connectivity index (χ4n) is 3.07. The van der Waals surface area contributed by atoms with Gasteiger partial charge in [0.15, 0.2) is 11.2 Å². The van der Waals surface area contributed by atoms with Crippen molar-refractivity contribution < 1.29 is 8.68 Å². The highest BCUT2D eigenvalue weighted by Crippen LogP contribution is 2.33. The number of aromatic nitrogens is 5. The van der Waals surface area contributed by atoms with Crippen LogP contribution in [0, 0.1) is 0 Å². The third kappa shape index (κ3) is 1.02. The Balaban J connectivity index is 2.01. The van der Waals surface area contributed by atoms with Crippen LogP contribution in [0.15, 0.2) is 43.0 Å². The second kappa shape index (κ2) is 3.25. The van der Waals surface area contributed by atoms with Gasteiger partial charge in [-0.15, -0.1) is 0 Å². The van der Waals surface area contributed by atoms with E-state index >= 15 is 0 Å². The van der Waals surface area contributed by atoms with Crippen LogP contribution < -0.4 is 4.57 Å². The monoisotopic (exact) mass is 265 g/mol. The molecule has 0 aromatic carbocycles. The highest BCUT2D eigenvalue weighted by atomic mass is 15.2. The van der Waals surface area contributed by atoms with Crippen LogP contribution in [0.2, 0.25) is 0 Å². The normalized spacial score (nSPS) is 15.9. The summed E-state index contributed by atoms with van der Waals surface area (Å²) in [6, 6.07) is 5.58. The van der Waals surface area contributed by atoms with Crippen molar-refractivity contribution in [3.05, 3.63) is 48.7 Å². The van der Waals surface area contributed by atoms with E-state index in [1.54, 1.807) is 12.4 Å². The van der Waals surface area contributed by atoms with E-state index in [2.05, 4.69) is 9.97 Å². The Labute approximate surface area is 119 Å². The predicted octanol–water partition coefficient (Wildman–Crippen LogP) is 1.54. The van der Waals surface area contributed by atoms with Gasteiger partial charge in [0.2, 0.25) is 5.52 Å². The van der Waals surface area contributed by atoms with Gasteiger partial charge >= 0.3 is 0 Å². The summed E-state index contributed by atoms with van der Waals surface area (Å²) in [4.78, 5) is 8.77. The van der Waals surface area contributed by atoms with E-state index in [1.807, 2.05) is 39.6 Å². The number of hydrogen-bond acceptors (Lipinski definition) is 2. The van der Waals surface area contributed by atoms with Gasteiger partial charge in [0, 0.05) is 18.6 Å². The number of imidazole rings is 1. The fraction of sp³-hybridized carbons (Fsp3) is 0.133. The number of rotatable bonds is 0. The van der Waals surface area contributed by atoms with Gasteiger partial charge in [0.05, 0.1) is 28.5 Å². The first kappa shape index (κ1) is 7.79. The maximum Gasteiger partial charge on any atom is 0.292 e. The van der Waals surface area contributed by atoms with Gasteiger partial charge in [-0.1, -0.05) is 0 Å². The zero-order chi connectivity index (χ0) is 15.8. The quantitative estimate of drug-likeness (QED) is 0.398. The number of hydrogen-bond donors (Lipinski definition) is 0. The Morgan fingerprint density at radius 2 is 2.25 bits per heavy atom. The van der Waals surface area contributed by atoms with Crippen LogP contribution in [0.4, 0.5) is 0 Å². The summed E-state index contributed by atoms with van der Waals surface area (Å²) >= 11 is 0. The van der Waals surface area contributed by atoms with Crippen molar-refractivity contribution in [3.8, 4) is 11.4 Å². The Kier molecular flexibility index (Phi) is 1.27. The molecule has 5 heterocycles. The standard InChI is InChI=1S/C15H12N5/c1-18-13-12(9-19-7-3-6-17-14(13)19)20-8-11-10(15(18)20)4-2-5-16-11/h2-7,9H,8H2,1H3/q+1/i1D3. The van der Waals surface area contributed by atoms with Gasteiger partial charge < -0.3 is 4.40 Å². The topological polar surface area (TPSA) is 39.0 Å². The molecule has 1 aliphatic heterocycles. The number of fused-ring (bicyclic) bond motifs is 7. The maximum atomic E-state index is 8.02. The van der Waals surface area contributed by atoms with Crippen molar-refractivity contribution in [2.45, 2.75) is 6.54 Å². The van der Waals surface area contributed by atoms with Crippen LogP contribution in [0.1, 0.15) is 9.81 Å². The molecule has 20 heavy (non-hydrogen) atoms. The lowest BCUT2D eigenvalue weighted by atomic mass is 10.2. The summed E-state index contributed by atoms with van der Waals surface area (Å²) in [5.74, 6) is 0.672. The average molecular weight is 265 g/mol. The molecule has 0 aliphatic carbocycles. The minimum atomic E-state index is -2.30. The summed E-state index contributed by atoms with van der Waals surface area (Å²) in [6.07, 6.45) is 7.21. The van der Waals surface area contributed by atoms with Crippen LogP contribution >= 0.6 is 0 Å². The second-order valence-corrected chi connectivity index (χ2v) is 4.96. The average Bonchev–Trinajstić information content (AvgIpc) is 3.13. The van der Waals surface area contributed by atoms with E-state index < -0.39 is 6.98 Å². The first-order valence-corrected chi connectivity index (χ1v) is 6.40. The molecule has 0 amide bonds. The molecule has 0 N–H and O–H groups in total. The summed E-state index contributed by atoms with van der Waals surface area (Å²) in [7, 11) is 0. The Morgan fingerprint density at radius 3 is 3.20 bits per heavy atom. The molecule has 0 atom stereocenters. The van der Waals surface area contributed by atoms with E-state index in [0.717, 1.165) is 16.8 Å². The van der Waals surface area contributed by atoms with E-state index in [9.17, 15) is 0 Å². The molecule has 0 fully saturated rings. The van der Waals surface area contributed by atoms with Crippen LogP contribution in [0.3, 0.4) is 0 Å². The van der Waals surface area contributed by atoms with Crippen molar-refractivity contribution in [1.29, 1.82) is 0 Å². The van der Waals surface area contributed by atoms with E-state index in [4.69, 9.17) is 4.11 Å². The second-order valence-electron chi connectivity index (χ2n) is 4.96. The molecule has 0 spiro atoms. The summed E-state index contributed by atoms with van der Waals surface area (Å²) in [6.45, 7) is -1.72. The first-order chi connectivity index (χ1) is 11.1. The smallest absolute Gasteiger partial charge is 0.292 e. The number of nitrogens with zero attached hydrogens (tertiary/aromatic N) is 5. The molecular weight excluding hydrogens is 250 g/mol. The Morgan fingerprint density at radius 1 is 1.30 bits per heavy atom. The summed E-state index contributed by atoms with van der Waals surface area (Å²) in [5, 5.41) is 0. The minimum Gasteiger partial charge on any atom is -0.300 e. The number of aryl methyl sites for hydroxylation is 1. The zero-order valence-corrected chi connectivity index (χ0v) is 10.5. The van der Waals surface area contributed by atoms with Crippen molar-refractivity contribution in [3.63, 3.8) is 0 Å².